The Morgan fingerprint density at radius 2 is 1.75 bits per heavy atom. The van der Waals surface area contributed by atoms with Gasteiger partial charge in [-0.15, -0.1) is 0 Å². The molecule has 2 N–H and O–H groups in total. The molecule has 2 aromatic rings. The average Bonchev–Trinajstić information content (AvgIpc) is 2.42. The normalized spacial score (nSPS) is 12.2. The summed E-state index contributed by atoms with van der Waals surface area (Å²) in [6, 6.07) is 14.0. The highest BCUT2D eigenvalue weighted by atomic mass is 35.5. The molecule has 20 heavy (non-hydrogen) atoms. The lowest BCUT2D eigenvalue weighted by Crippen LogP contribution is -2.17. The van der Waals surface area contributed by atoms with E-state index in [1.54, 1.807) is 0 Å². The summed E-state index contributed by atoms with van der Waals surface area (Å²) in [5.41, 5.74) is 8.10. The van der Waals surface area contributed by atoms with Gasteiger partial charge in [0.05, 0.1) is 0 Å². The molecular weight excluding hydrogens is 270 g/mol. The maximum atomic E-state index is 6.10. The summed E-state index contributed by atoms with van der Waals surface area (Å²) in [7, 11) is 0. The molecule has 0 aromatic heterocycles. The molecule has 0 radical (unpaired) electrons. The van der Waals surface area contributed by atoms with Crippen LogP contribution in [0.3, 0.4) is 0 Å². The summed E-state index contributed by atoms with van der Waals surface area (Å²) in [6.07, 6.45) is 1.77. The van der Waals surface area contributed by atoms with E-state index in [-0.39, 0.29) is 6.04 Å². The van der Waals surface area contributed by atoms with Crippen molar-refractivity contribution in [3.05, 3.63) is 58.6 Å². The van der Waals surface area contributed by atoms with Crippen molar-refractivity contribution in [2.24, 2.45) is 5.73 Å². The first kappa shape index (κ1) is 14.9. The third kappa shape index (κ3) is 3.99. The highest BCUT2D eigenvalue weighted by molar-refractivity contribution is 6.31. The van der Waals surface area contributed by atoms with Gasteiger partial charge in [-0.3, -0.25) is 0 Å². The first-order valence-corrected chi connectivity index (χ1v) is 7.27. The summed E-state index contributed by atoms with van der Waals surface area (Å²) < 4.78 is 5.85. The van der Waals surface area contributed by atoms with Crippen LogP contribution in [0, 0.1) is 0 Å². The second-order valence-corrected chi connectivity index (χ2v) is 5.44. The van der Waals surface area contributed by atoms with Gasteiger partial charge in [0.25, 0.3) is 0 Å². The van der Waals surface area contributed by atoms with Crippen LogP contribution in [0.15, 0.2) is 42.5 Å². The van der Waals surface area contributed by atoms with Crippen molar-refractivity contribution in [2.75, 3.05) is 0 Å². The molecule has 0 fully saturated rings. The van der Waals surface area contributed by atoms with Gasteiger partial charge in [0.15, 0.2) is 0 Å². The lowest BCUT2D eigenvalue weighted by atomic mass is 10.1. The predicted octanol–water partition coefficient (Wildman–Crippen LogP) is 4.58. The van der Waals surface area contributed by atoms with Crippen molar-refractivity contribution in [1.29, 1.82) is 0 Å². The van der Waals surface area contributed by atoms with Gasteiger partial charge in [0.1, 0.15) is 11.5 Å². The minimum atomic E-state index is 0.171. The molecule has 0 aliphatic heterocycles. The molecule has 0 amide bonds. The zero-order valence-corrected chi connectivity index (χ0v) is 12.7. The fourth-order valence-corrected chi connectivity index (χ4v) is 2.34. The van der Waals surface area contributed by atoms with Crippen LogP contribution >= 0.6 is 11.6 Å². The molecule has 106 valence electrons. The fourth-order valence-electron chi connectivity index (χ4n) is 2.09. The van der Waals surface area contributed by atoms with E-state index in [1.165, 1.54) is 5.56 Å². The van der Waals surface area contributed by atoms with Gasteiger partial charge >= 0.3 is 0 Å². The van der Waals surface area contributed by atoms with Gasteiger partial charge in [0.2, 0.25) is 0 Å². The predicted molar refractivity (Wildman–Crippen MR) is 84.7 cm³/mol. The Balaban J connectivity index is 2.10. The maximum absolute atomic E-state index is 6.10. The van der Waals surface area contributed by atoms with Crippen molar-refractivity contribution in [2.45, 2.75) is 32.7 Å². The molecule has 1 atom stereocenters. The number of nitrogens with two attached hydrogens (primary N) is 1. The number of aryl methyl sites for hydroxylation is 1. The largest absolute Gasteiger partial charge is 0.457 e. The lowest BCUT2D eigenvalue weighted by Gasteiger charge is -2.10. The Bertz CT molecular complexity index is 564. The molecule has 0 saturated carbocycles. The number of hydrogen-bond donors (Lipinski definition) is 1. The molecule has 0 heterocycles. The molecule has 2 rings (SSSR count). The second-order valence-electron chi connectivity index (χ2n) is 5.03. The summed E-state index contributed by atoms with van der Waals surface area (Å²) in [4.78, 5) is 0. The molecular formula is C17H20ClNO. The van der Waals surface area contributed by atoms with Crippen molar-refractivity contribution >= 4 is 11.6 Å². The summed E-state index contributed by atoms with van der Waals surface area (Å²) in [5, 5.41) is 0.784. The monoisotopic (exact) mass is 289 g/mol. The van der Waals surface area contributed by atoms with E-state index in [0.29, 0.717) is 0 Å². The Morgan fingerprint density at radius 1 is 1.10 bits per heavy atom. The number of halogens is 1. The van der Waals surface area contributed by atoms with Crippen LogP contribution in [0.25, 0.3) is 0 Å². The van der Waals surface area contributed by atoms with Crippen LogP contribution in [-0.2, 0) is 12.8 Å². The van der Waals surface area contributed by atoms with Crippen molar-refractivity contribution in [3.8, 4) is 11.5 Å². The van der Waals surface area contributed by atoms with Crippen molar-refractivity contribution in [3.63, 3.8) is 0 Å². The standard InChI is InChI=1S/C17H20ClNO/c1-3-14-11-16(8-9-17(14)18)20-15-6-4-13(5-7-15)10-12(2)19/h4-9,11-12H,3,10,19H2,1-2H3. The van der Waals surface area contributed by atoms with Crippen molar-refractivity contribution in [1.82, 2.24) is 0 Å². The highest BCUT2D eigenvalue weighted by Gasteiger charge is 2.03. The number of hydrogen-bond acceptors (Lipinski definition) is 2. The number of rotatable bonds is 5. The number of ether oxygens (including phenoxy) is 1. The van der Waals surface area contributed by atoms with Crippen LogP contribution < -0.4 is 10.5 Å². The minimum Gasteiger partial charge on any atom is -0.457 e. The van der Waals surface area contributed by atoms with Crippen molar-refractivity contribution < 1.29 is 4.74 Å². The molecule has 0 aliphatic rings. The smallest absolute Gasteiger partial charge is 0.127 e. The lowest BCUT2D eigenvalue weighted by molar-refractivity contribution is 0.481. The third-order valence-electron chi connectivity index (χ3n) is 3.11. The van der Waals surface area contributed by atoms with Gasteiger partial charge in [0, 0.05) is 11.1 Å². The Morgan fingerprint density at radius 3 is 2.35 bits per heavy atom. The van der Waals surface area contributed by atoms with Gasteiger partial charge in [-0.05, 0) is 61.2 Å². The molecule has 1 unspecified atom stereocenters. The molecule has 0 aliphatic carbocycles. The van der Waals surface area contributed by atoms with E-state index in [9.17, 15) is 0 Å². The van der Waals surface area contributed by atoms with E-state index < -0.39 is 0 Å². The first-order chi connectivity index (χ1) is 9.58. The topological polar surface area (TPSA) is 35.2 Å². The van der Waals surface area contributed by atoms with Gasteiger partial charge in [-0.1, -0.05) is 30.7 Å². The van der Waals surface area contributed by atoms with Crippen LogP contribution in [0.1, 0.15) is 25.0 Å². The van der Waals surface area contributed by atoms with E-state index in [1.807, 2.05) is 37.3 Å². The average molecular weight is 290 g/mol. The summed E-state index contributed by atoms with van der Waals surface area (Å²) in [5.74, 6) is 1.63. The molecule has 3 heteroatoms. The third-order valence-corrected chi connectivity index (χ3v) is 3.48. The van der Waals surface area contributed by atoms with Crippen LogP contribution in [0.5, 0.6) is 11.5 Å². The minimum absolute atomic E-state index is 0.171. The molecule has 0 spiro atoms. The Labute approximate surface area is 125 Å². The molecule has 0 bridgehead atoms. The molecule has 0 saturated heterocycles. The van der Waals surface area contributed by atoms with Crippen LogP contribution in [0.4, 0.5) is 0 Å². The summed E-state index contributed by atoms with van der Waals surface area (Å²) >= 11 is 6.10. The molecule has 2 aromatic carbocycles. The highest BCUT2D eigenvalue weighted by Crippen LogP contribution is 2.27. The quantitative estimate of drug-likeness (QED) is 0.874. The van der Waals surface area contributed by atoms with Gasteiger partial charge < -0.3 is 10.5 Å². The maximum Gasteiger partial charge on any atom is 0.127 e. The Hall–Kier alpha value is -1.51. The second kappa shape index (κ2) is 6.78. The SMILES string of the molecule is CCc1cc(Oc2ccc(CC(C)N)cc2)ccc1Cl. The van der Waals surface area contributed by atoms with E-state index >= 15 is 0 Å². The first-order valence-electron chi connectivity index (χ1n) is 6.89. The van der Waals surface area contributed by atoms with Crippen LogP contribution in [-0.4, -0.2) is 6.04 Å². The summed E-state index contributed by atoms with van der Waals surface area (Å²) in [6.45, 7) is 4.08. The van der Waals surface area contributed by atoms with E-state index in [2.05, 4.69) is 19.1 Å². The molecule has 2 nitrogen and oxygen atoms in total. The Kier molecular flexibility index (Phi) is 5.05. The van der Waals surface area contributed by atoms with Crippen LogP contribution in [0.2, 0.25) is 5.02 Å². The number of benzene rings is 2. The van der Waals surface area contributed by atoms with Gasteiger partial charge in [-0.2, -0.15) is 0 Å². The van der Waals surface area contributed by atoms with Gasteiger partial charge in [-0.25, -0.2) is 0 Å². The van der Waals surface area contributed by atoms with E-state index in [4.69, 9.17) is 22.1 Å². The fraction of sp³-hybridized carbons (Fsp3) is 0.294. The zero-order valence-electron chi connectivity index (χ0n) is 11.9. The van der Waals surface area contributed by atoms with E-state index in [0.717, 1.165) is 34.9 Å². The zero-order chi connectivity index (χ0) is 14.5.